The zero-order valence-electron chi connectivity index (χ0n) is 14.9. The molecule has 0 aromatic heterocycles. The summed E-state index contributed by atoms with van der Waals surface area (Å²) in [7, 11) is 0. The molecule has 0 atom stereocenters. The van der Waals surface area contributed by atoms with E-state index in [0.29, 0.717) is 11.1 Å². The van der Waals surface area contributed by atoms with Crippen molar-refractivity contribution in [2.24, 2.45) is 35.5 Å². The van der Waals surface area contributed by atoms with Crippen molar-refractivity contribution in [3.63, 3.8) is 0 Å². The van der Waals surface area contributed by atoms with Crippen molar-refractivity contribution in [2.75, 3.05) is 0 Å². The first kappa shape index (κ1) is 14.3. The Morgan fingerprint density at radius 1 is 0.458 bits per heavy atom. The van der Waals surface area contributed by atoms with Crippen molar-refractivity contribution in [3.05, 3.63) is 0 Å². The van der Waals surface area contributed by atoms with Crippen molar-refractivity contribution in [3.8, 4) is 12.1 Å². The van der Waals surface area contributed by atoms with Crippen LogP contribution in [0.15, 0.2) is 0 Å². The third-order valence-electron chi connectivity index (χ3n) is 8.79. The summed E-state index contributed by atoms with van der Waals surface area (Å²) in [5.74, 6) is 6.01. The van der Waals surface area contributed by atoms with E-state index in [-0.39, 0.29) is 0 Å². The van der Waals surface area contributed by atoms with E-state index in [1.165, 1.54) is 77.0 Å². The molecule has 8 fully saturated rings. The van der Waals surface area contributed by atoms with E-state index in [2.05, 4.69) is 22.7 Å². The summed E-state index contributed by atoms with van der Waals surface area (Å²) in [6, 6.07) is 6.81. The van der Waals surface area contributed by atoms with Crippen molar-refractivity contribution in [2.45, 2.75) is 88.1 Å². The SMILES string of the molecule is C(#CNC12CC3CC(CC(C3)C1)C2)NC12CC3CC(CC(C3)C1)C2. The molecule has 8 aliphatic carbocycles. The highest BCUT2D eigenvalue weighted by atomic mass is 15.0. The summed E-state index contributed by atoms with van der Waals surface area (Å²) in [6.45, 7) is 0. The minimum atomic E-state index is 0.380. The zero-order chi connectivity index (χ0) is 15.8. The molecule has 0 unspecified atom stereocenters. The van der Waals surface area contributed by atoms with Gasteiger partial charge in [-0.15, -0.1) is 0 Å². The van der Waals surface area contributed by atoms with E-state index in [1.54, 1.807) is 0 Å². The van der Waals surface area contributed by atoms with E-state index >= 15 is 0 Å². The molecule has 0 spiro atoms. The average Bonchev–Trinajstić information content (AvgIpc) is 2.49. The van der Waals surface area contributed by atoms with Gasteiger partial charge in [-0.05, 0) is 113 Å². The van der Waals surface area contributed by atoms with Crippen LogP contribution in [0.2, 0.25) is 0 Å². The number of nitrogens with one attached hydrogen (secondary N) is 2. The second-order valence-electron chi connectivity index (χ2n) is 10.9. The minimum absolute atomic E-state index is 0.380. The molecule has 2 N–H and O–H groups in total. The van der Waals surface area contributed by atoms with Crippen LogP contribution in [0.3, 0.4) is 0 Å². The van der Waals surface area contributed by atoms with Gasteiger partial charge in [0.1, 0.15) is 0 Å². The highest BCUT2D eigenvalue weighted by Gasteiger charge is 2.52. The van der Waals surface area contributed by atoms with Crippen LogP contribution in [0.4, 0.5) is 0 Å². The van der Waals surface area contributed by atoms with Crippen molar-refractivity contribution >= 4 is 0 Å². The van der Waals surface area contributed by atoms with Crippen LogP contribution in [0.1, 0.15) is 77.0 Å². The summed E-state index contributed by atoms with van der Waals surface area (Å²) in [5, 5.41) is 7.47. The van der Waals surface area contributed by atoms with Gasteiger partial charge in [-0.2, -0.15) is 0 Å². The maximum atomic E-state index is 3.74. The normalized spacial score (nSPS) is 56.0. The van der Waals surface area contributed by atoms with E-state index in [0.717, 1.165) is 35.5 Å². The first-order chi connectivity index (χ1) is 11.7. The van der Waals surface area contributed by atoms with Gasteiger partial charge in [0.2, 0.25) is 0 Å². The van der Waals surface area contributed by atoms with Crippen molar-refractivity contribution < 1.29 is 0 Å². The lowest BCUT2D eigenvalue weighted by atomic mass is 9.53. The second-order valence-corrected chi connectivity index (χ2v) is 10.9. The number of hydrogen-bond donors (Lipinski definition) is 2. The van der Waals surface area contributed by atoms with Crippen molar-refractivity contribution in [1.82, 2.24) is 10.6 Å². The molecule has 0 heterocycles. The summed E-state index contributed by atoms with van der Waals surface area (Å²) in [4.78, 5) is 0. The van der Waals surface area contributed by atoms with Crippen molar-refractivity contribution in [1.29, 1.82) is 0 Å². The predicted molar refractivity (Wildman–Crippen MR) is 95.9 cm³/mol. The quantitative estimate of drug-likeness (QED) is 0.592. The Labute approximate surface area is 146 Å². The van der Waals surface area contributed by atoms with Gasteiger partial charge in [-0.3, -0.25) is 0 Å². The Morgan fingerprint density at radius 3 is 0.958 bits per heavy atom. The molecule has 8 rings (SSSR count). The molecule has 8 bridgehead atoms. The number of rotatable bonds is 2. The fourth-order valence-electron chi connectivity index (χ4n) is 8.86. The Kier molecular flexibility index (Phi) is 2.91. The summed E-state index contributed by atoms with van der Waals surface area (Å²) >= 11 is 0. The smallest absolute Gasteiger partial charge is 0.0458 e. The van der Waals surface area contributed by atoms with E-state index in [1.807, 2.05) is 0 Å². The fraction of sp³-hybridized carbons (Fsp3) is 0.909. The second kappa shape index (κ2) is 4.87. The molecule has 130 valence electrons. The summed E-state index contributed by atoms with van der Waals surface area (Å²) < 4.78 is 0. The molecule has 0 aromatic carbocycles. The van der Waals surface area contributed by atoms with Crippen LogP contribution >= 0.6 is 0 Å². The van der Waals surface area contributed by atoms with Gasteiger partial charge in [0.15, 0.2) is 0 Å². The first-order valence-corrected chi connectivity index (χ1v) is 10.7. The average molecular weight is 325 g/mol. The summed E-state index contributed by atoms with van der Waals surface area (Å²) in [6.07, 6.45) is 17.4. The lowest BCUT2D eigenvalue weighted by molar-refractivity contribution is -0.0133. The molecule has 8 aliphatic rings. The fourth-order valence-corrected chi connectivity index (χ4v) is 8.86. The topological polar surface area (TPSA) is 24.1 Å². The largest absolute Gasteiger partial charge is 0.338 e. The molecule has 0 aliphatic heterocycles. The molecule has 0 aromatic rings. The Hall–Kier alpha value is -0.840. The lowest BCUT2D eigenvalue weighted by Gasteiger charge is -2.56. The van der Waals surface area contributed by atoms with Crippen LogP contribution in [0.25, 0.3) is 0 Å². The molecule has 0 saturated heterocycles. The maximum absolute atomic E-state index is 3.74. The van der Waals surface area contributed by atoms with Gasteiger partial charge in [0.25, 0.3) is 0 Å². The van der Waals surface area contributed by atoms with Crippen LogP contribution in [0, 0.1) is 47.6 Å². The third kappa shape index (κ3) is 2.23. The summed E-state index contributed by atoms with van der Waals surface area (Å²) in [5.41, 5.74) is 0.760. The molecular formula is C22H32N2. The molecule has 2 nitrogen and oxygen atoms in total. The van der Waals surface area contributed by atoms with Crippen LogP contribution in [0.5, 0.6) is 0 Å². The standard InChI is InChI=1S/C22H32N2/c1(23-21-9-15-3-16(10-21)5-17(4-15)11-21)2-24-22-12-18-6-19(13-22)8-20(7-18)14-22/h15-20,23-24H,3-14H2. The number of hydrogen-bond acceptors (Lipinski definition) is 2. The van der Waals surface area contributed by atoms with E-state index < -0.39 is 0 Å². The molecule has 2 heteroatoms. The predicted octanol–water partition coefficient (Wildman–Crippen LogP) is 4.02. The zero-order valence-corrected chi connectivity index (χ0v) is 14.9. The lowest BCUT2D eigenvalue weighted by Crippen LogP contribution is -2.58. The molecule has 0 amide bonds. The Morgan fingerprint density at radius 2 is 0.708 bits per heavy atom. The molecule has 0 radical (unpaired) electrons. The molecular weight excluding hydrogens is 292 g/mol. The van der Waals surface area contributed by atoms with Gasteiger partial charge in [0.05, 0.1) is 0 Å². The van der Waals surface area contributed by atoms with Crippen LogP contribution < -0.4 is 10.6 Å². The minimum Gasteiger partial charge on any atom is -0.338 e. The highest BCUT2D eigenvalue weighted by molar-refractivity contribution is 5.14. The van der Waals surface area contributed by atoms with E-state index in [9.17, 15) is 0 Å². The Balaban J connectivity index is 1.13. The van der Waals surface area contributed by atoms with Gasteiger partial charge >= 0.3 is 0 Å². The van der Waals surface area contributed by atoms with Gasteiger partial charge in [-0.25, -0.2) is 0 Å². The molecule has 24 heavy (non-hydrogen) atoms. The first-order valence-electron chi connectivity index (χ1n) is 10.7. The monoisotopic (exact) mass is 324 g/mol. The molecule has 8 saturated carbocycles. The third-order valence-corrected chi connectivity index (χ3v) is 8.79. The van der Waals surface area contributed by atoms with Crippen LogP contribution in [-0.2, 0) is 0 Å². The highest BCUT2D eigenvalue weighted by Crippen LogP contribution is 2.56. The van der Waals surface area contributed by atoms with Crippen LogP contribution in [-0.4, -0.2) is 11.1 Å². The van der Waals surface area contributed by atoms with Gasteiger partial charge in [-0.1, -0.05) is 0 Å². The van der Waals surface area contributed by atoms with Gasteiger partial charge < -0.3 is 10.6 Å². The van der Waals surface area contributed by atoms with E-state index in [4.69, 9.17) is 0 Å². The maximum Gasteiger partial charge on any atom is 0.0458 e. The van der Waals surface area contributed by atoms with Gasteiger partial charge in [0, 0.05) is 23.2 Å². The Bertz CT molecular complexity index is 474.